The third-order valence-corrected chi connectivity index (χ3v) is 4.96. The fourth-order valence-electron chi connectivity index (χ4n) is 3.29. The summed E-state index contributed by atoms with van der Waals surface area (Å²) < 4.78 is 10.9. The summed E-state index contributed by atoms with van der Waals surface area (Å²) in [5.41, 5.74) is 1.30. The van der Waals surface area contributed by atoms with E-state index in [2.05, 4.69) is 34.4 Å². The van der Waals surface area contributed by atoms with E-state index in [0.717, 1.165) is 38.9 Å². The van der Waals surface area contributed by atoms with Crippen molar-refractivity contribution in [2.24, 2.45) is 9.98 Å². The van der Waals surface area contributed by atoms with Crippen LogP contribution in [0.2, 0.25) is 0 Å². The minimum atomic E-state index is 0. The van der Waals surface area contributed by atoms with Crippen LogP contribution in [-0.2, 0) is 48.4 Å². The van der Waals surface area contributed by atoms with Gasteiger partial charge >= 0.3 is 39.0 Å². The Morgan fingerprint density at radius 3 is 1.39 bits per heavy atom. The quantitative estimate of drug-likeness (QED) is 0.262. The number of hydrogen-bond acceptors (Lipinski definition) is 8. The number of aliphatic imine (C=N–C) groups is 2. The summed E-state index contributed by atoms with van der Waals surface area (Å²) in [5.74, 6) is 0.0437. The van der Waals surface area contributed by atoms with Crippen molar-refractivity contribution in [1.82, 2.24) is 0 Å². The molecule has 2 heterocycles. The van der Waals surface area contributed by atoms with Gasteiger partial charge in [-0.3, -0.25) is 9.98 Å². The Morgan fingerprint density at radius 1 is 0.763 bits per heavy atom. The Labute approximate surface area is 260 Å². The van der Waals surface area contributed by atoms with Gasteiger partial charge < -0.3 is 30.5 Å². The first-order valence-electron chi connectivity index (χ1n) is 11.3. The van der Waals surface area contributed by atoms with Gasteiger partial charge in [-0.05, 0) is 36.8 Å². The average molecular weight is 655 g/mol. The van der Waals surface area contributed by atoms with E-state index < -0.39 is 0 Å². The number of ether oxygens (including phenoxy) is 2. The molecule has 0 radical (unpaired) electrons. The summed E-state index contributed by atoms with van der Waals surface area (Å²) in [6, 6.07) is 13.8. The maximum atomic E-state index is 11.3. The SMILES string of the molecule is [N-]=C=S.[N-]=C=S.[O-]c1ccccc1C=NC[C@@H]1CCCO1.[O-]c1ccccc1C=NC[C@H]1CCCO1.[Zn+2].[Zn+2]. The summed E-state index contributed by atoms with van der Waals surface area (Å²) in [4.78, 5) is 8.47. The third kappa shape index (κ3) is 17.6. The van der Waals surface area contributed by atoms with Crippen LogP contribution in [0.4, 0.5) is 0 Å². The van der Waals surface area contributed by atoms with Gasteiger partial charge in [-0.25, -0.2) is 0 Å². The van der Waals surface area contributed by atoms with E-state index in [0.29, 0.717) is 24.2 Å². The number of thiocarbonyl (C=S) groups is 2. The minimum absolute atomic E-state index is 0. The van der Waals surface area contributed by atoms with Crippen LogP contribution in [0.1, 0.15) is 36.8 Å². The molecule has 2 aliphatic heterocycles. The molecule has 0 N–H and O–H groups in total. The molecule has 12 heteroatoms. The second kappa shape index (κ2) is 25.4. The molecule has 0 amide bonds. The van der Waals surface area contributed by atoms with E-state index in [1.807, 2.05) is 12.1 Å². The Hall–Kier alpha value is -1.85. The Balaban J connectivity index is 0. The van der Waals surface area contributed by atoms with Gasteiger partial charge in [-0.15, -0.1) is 11.5 Å². The maximum absolute atomic E-state index is 11.3. The largest absolute Gasteiger partial charge is 2.00 e. The second-order valence-corrected chi connectivity index (χ2v) is 7.88. The monoisotopic (exact) mass is 652 g/mol. The van der Waals surface area contributed by atoms with Gasteiger partial charge in [0, 0.05) is 25.6 Å². The first-order chi connectivity index (χ1) is 17.5. The van der Waals surface area contributed by atoms with Gasteiger partial charge in [-0.1, -0.05) is 73.0 Å². The molecule has 0 unspecified atom stereocenters. The standard InChI is InChI=1S/2C12H15NO2.2CNS.2Zn/c2*14-12-6-2-1-4-10(12)8-13-9-11-5-3-7-15-11;2*2-1-3;;/h2*1-2,4,6,8,11,14H,3,5,7,9H2;;;;/q;;2*-1;2*+2/p-2/t2*11-;;;;/m10..../s1. The fourth-order valence-corrected chi connectivity index (χ4v) is 3.29. The van der Waals surface area contributed by atoms with Crippen molar-refractivity contribution in [1.29, 1.82) is 0 Å². The van der Waals surface area contributed by atoms with Crippen LogP contribution in [0.3, 0.4) is 0 Å². The average Bonchev–Trinajstić information content (AvgIpc) is 3.58. The van der Waals surface area contributed by atoms with Crippen molar-refractivity contribution in [2.75, 3.05) is 26.3 Å². The van der Waals surface area contributed by atoms with Crippen LogP contribution in [0, 0.1) is 0 Å². The zero-order chi connectivity index (χ0) is 26.4. The summed E-state index contributed by atoms with van der Waals surface area (Å²) in [7, 11) is 0. The van der Waals surface area contributed by atoms with Crippen molar-refractivity contribution in [3.8, 4) is 11.5 Å². The van der Waals surface area contributed by atoms with E-state index in [-0.39, 0.29) is 62.7 Å². The van der Waals surface area contributed by atoms with E-state index in [9.17, 15) is 10.2 Å². The maximum Gasteiger partial charge on any atom is 2.00 e. The van der Waals surface area contributed by atoms with Crippen LogP contribution < -0.4 is 10.2 Å². The van der Waals surface area contributed by atoms with Gasteiger partial charge in [-0.2, -0.15) is 10.3 Å². The third-order valence-electron chi connectivity index (χ3n) is 4.96. The van der Waals surface area contributed by atoms with Crippen LogP contribution in [0.25, 0.3) is 10.8 Å². The number of hydrogen-bond donors (Lipinski definition) is 0. The Kier molecular flexibility index (Phi) is 25.6. The number of isothiocyanates is 2. The fraction of sp³-hybridized carbons (Fsp3) is 0.385. The Bertz CT molecular complexity index is 938. The normalized spacial score (nSPS) is 17.2. The molecule has 4 rings (SSSR count). The van der Waals surface area contributed by atoms with E-state index >= 15 is 0 Å². The molecule has 192 valence electrons. The predicted octanol–water partition coefficient (Wildman–Crippen LogP) is 4.03. The summed E-state index contributed by atoms with van der Waals surface area (Å²) >= 11 is 7.40. The van der Waals surface area contributed by atoms with Gasteiger partial charge in [0.1, 0.15) is 0 Å². The molecule has 2 aromatic rings. The van der Waals surface area contributed by atoms with Gasteiger partial charge in [0.25, 0.3) is 0 Å². The predicted molar refractivity (Wildman–Crippen MR) is 147 cm³/mol. The first-order valence-corrected chi connectivity index (χ1v) is 12.1. The van der Waals surface area contributed by atoms with Crippen LogP contribution >= 0.6 is 24.4 Å². The van der Waals surface area contributed by atoms with E-state index in [4.69, 9.17) is 20.3 Å². The number of rotatable bonds is 6. The summed E-state index contributed by atoms with van der Waals surface area (Å²) in [6.07, 6.45) is 8.19. The molecule has 8 nitrogen and oxygen atoms in total. The van der Waals surface area contributed by atoms with Crippen molar-refractivity contribution in [2.45, 2.75) is 37.9 Å². The molecule has 0 aromatic heterocycles. The molecule has 0 saturated carbocycles. The molecule has 2 aromatic carbocycles. The number of nitrogens with zero attached hydrogens (tertiary/aromatic N) is 4. The van der Waals surface area contributed by atoms with Gasteiger partial charge in [0.15, 0.2) is 0 Å². The summed E-state index contributed by atoms with van der Waals surface area (Å²) in [6.45, 7) is 3.01. The first kappa shape index (κ1) is 38.3. The molecule has 0 aliphatic carbocycles. The summed E-state index contributed by atoms with van der Waals surface area (Å²) in [5, 5.41) is 39.6. The topological polar surface area (TPSA) is 134 Å². The van der Waals surface area contributed by atoms with Crippen molar-refractivity contribution < 1.29 is 58.6 Å². The van der Waals surface area contributed by atoms with Crippen LogP contribution in [0.15, 0.2) is 58.5 Å². The minimum Gasteiger partial charge on any atom is -0.872 e. The smallest absolute Gasteiger partial charge is 0.872 e. The Morgan fingerprint density at radius 2 is 1.11 bits per heavy atom. The molecular formula is C26H28N4O4S2Zn2. The number of benzene rings is 2. The molecule has 2 saturated heterocycles. The van der Waals surface area contributed by atoms with Crippen molar-refractivity contribution in [3.63, 3.8) is 0 Å². The molecule has 2 fully saturated rings. The zero-order valence-corrected chi connectivity index (χ0v) is 28.8. The zero-order valence-electron chi connectivity index (χ0n) is 21.2. The van der Waals surface area contributed by atoms with Crippen molar-refractivity contribution >= 4 is 47.2 Å². The van der Waals surface area contributed by atoms with Crippen LogP contribution in [-0.4, -0.2) is 61.3 Å². The molecule has 2 atom stereocenters. The number of para-hydroxylation sites is 2. The van der Waals surface area contributed by atoms with Gasteiger partial charge in [0.05, 0.1) is 25.3 Å². The molecule has 0 bridgehead atoms. The van der Waals surface area contributed by atoms with E-state index in [1.54, 1.807) is 48.8 Å². The molecule has 38 heavy (non-hydrogen) atoms. The molecular weight excluding hydrogens is 627 g/mol. The molecule has 0 spiro atoms. The van der Waals surface area contributed by atoms with Crippen LogP contribution in [0.5, 0.6) is 11.5 Å². The second-order valence-electron chi connectivity index (χ2n) is 7.52. The van der Waals surface area contributed by atoms with E-state index in [1.165, 1.54) is 10.3 Å². The van der Waals surface area contributed by atoms with Gasteiger partial charge in [0.2, 0.25) is 0 Å². The van der Waals surface area contributed by atoms with Crippen molar-refractivity contribution in [3.05, 3.63) is 70.5 Å². The molecule has 2 aliphatic rings.